The summed E-state index contributed by atoms with van der Waals surface area (Å²) >= 11 is 0. The van der Waals surface area contributed by atoms with E-state index >= 15 is 0 Å². The van der Waals surface area contributed by atoms with Gasteiger partial charge in [0.25, 0.3) is 0 Å². The number of methoxy groups -OCH3 is 2. The Morgan fingerprint density at radius 2 is 1.67 bits per heavy atom. The van der Waals surface area contributed by atoms with Crippen molar-refractivity contribution in [1.82, 2.24) is 5.32 Å². The van der Waals surface area contributed by atoms with E-state index in [1.807, 2.05) is 30.3 Å². The number of carbonyl (C=O) groups is 5. The fraction of sp³-hybridized carbons (Fsp3) is 0.419. The molecule has 0 aromatic heterocycles. The molecule has 1 fully saturated rings. The van der Waals surface area contributed by atoms with Crippen molar-refractivity contribution in [3.63, 3.8) is 0 Å². The van der Waals surface area contributed by atoms with E-state index in [2.05, 4.69) is 5.32 Å². The van der Waals surface area contributed by atoms with Gasteiger partial charge in [-0.2, -0.15) is 0 Å². The summed E-state index contributed by atoms with van der Waals surface area (Å²) in [5.74, 6) is -8.00. The zero-order valence-electron chi connectivity index (χ0n) is 32.3. The maximum absolute atomic E-state index is 14.9. The molecule has 1 heterocycles. The van der Waals surface area contributed by atoms with Gasteiger partial charge in [-0.25, -0.2) is 0 Å². The highest BCUT2D eigenvalue weighted by Crippen LogP contribution is 2.56. The molecule has 4 aliphatic rings. The van der Waals surface area contributed by atoms with Gasteiger partial charge < -0.3 is 50.2 Å². The van der Waals surface area contributed by atoms with Crippen molar-refractivity contribution in [2.75, 3.05) is 20.8 Å². The highest BCUT2D eigenvalue weighted by Gasteiger charge is 2.72. The average Bonchev–Trinajstić information content (AvgIpc) is 3.17. The first-order valence-corrected chi connectivity index (χ1v) is 19.0. The van der Waals surface area contributed by atoms with E-state index in [0.29, 0.717) is 24.8 Å². The van der Waals surface area contributed by atoms with Crippen molar-refractivity contribution in [3.8, 4) is 11.5 Å². The summed E-state index contributed by atoms with van der Waals surface area (Å²) in [6.07, 6.45) is -3.75. The molecule has 0 unspecified atom stereocenters. The second-order valence-electron chi connectivity index (χ2n) is 15.4. The van der Waals surface area contributed by atoms with E-state index < -0.39 is 135 Å². The van der Waals surface area contributed by atoms with E-state index in [9.17, 15) is 54.6 Å². The molecule has 0 saturated carbocycles. The summed E-state index contributed by atoms with van der Waals surface area (Å²) in [4.78, 5) is 71.0. The first-order chi connectivity index (χ1) is 27.6. The fourth-order valence-electron chi connectivity index (χ4n) is 9.27. The quantitative estimate of drug-likeness (QED) is 0.109. The van der Waals surface area contributed by atoms with Gasteiger partial charge in [-0.1, -0.05) is 36.4 Å². The number of unbranched alkanes of at least 4 members (excludes halogenated alkanes) is 1. The minimum atomic E-state index is -3.22. The van der Waals surface area contributed by atoms with Gasteiger partial charge in [-0.05, 0) is 55.9 Å². The average molecular weight is 800 g/mol. The lowest BCUT2D eigenvalue weighted by Crippen LogP contribution is -2.73. The monoisotopic (exact) mass is 799 g/mol. The number of rotatable bonds is 11. The number of phenolic OH excluding ortho intramolecular Hbond substituents is 2. The van der Waals surface area contributed by atoms with Crippen molar-refractivity contribution in [3.05, 3.63) is 104 Å². The normalized spacial score (nSPS) is 28.9. The van der Waals surface area contributed by atoms with Gasteiger partial charge in [0.05, 0.1) is 53.2 Å². The number of aliphatic hydroxyl groups is 4. The molecule has 0 radical (unpaired) electrons. The molecule has 8 atom stereocenters. The van der Waals surface area contributed by atoms with Gasteiger partial charge in [0.15, 0.2) is 22.8 Å². The predicted molar refractivity (Wildman–Crippen MR) is 203 cm³/mol. The van der Waals surface area contributed by atoms with E-state index in [-0.39, 0.29) is 17.5 Å². The fourth-order valence-corrected chi connectivity index (χ4v) is 9.27. The minimum Gasteiger partial charge on any atom is -0.507 e. The Morgan fingerprint density at radius 3 is 2.33 bits per heavy atom. The summed E-state index contributed by atoms with van der Waals surface area (Å²) in [6.45, 7) is 2.54. The lowest BCUT2D eigenvalue weighted by atomic mass is 9.56. The van der Waals surface area contributed by atoms with Crippen molar-refractivity contribution < 1.29 is 68.8 Å². The summed E-state index contributed by atoms with van der Waals surface area (Å²) in [5, 5.41) is 71.5. The highest BCUT2D eigenvalue weighted by molar-refractivity contribution is 6.31. The van der Waals surface area contributed by atoms with E-state index in [0.717, 1.165) is 24.8 Å². The van der Waals surface area contributed by atoms with Crippen molar-refractivity contribution in [2.45, 2.75) is 87.8 Å². The Kier molecular flexibility index (Phi) is 10.8. The number of benzene rings is 3. The number of ether oxygens (including phenoxy) is 3. The van der Waals surface area contributed by atoms with Gasteiger partial charge in [-0.3, -0.25) is 24.0 Å². The molecule has 0 bridgehead atoms. The largest absolute Gasteiger partial charge is 0.507 e. The number of Topliss-reactive ketones (excluding diaryl/α,β-unsaturated/α-hetero) is 4. The zero-order valence-corrected chi connectivity index (χ0v) is 32.3. The van der Waals surface area contributed by atoms with Crippen LogP contribution in [-0.2, 0) is 32.7 Å². The molecule has 1 aliphatic heterocycles. The van der Waals surface area contributed by atoms with E-state index in [1.54, 1.807) is 13.8 Å². The molecule has 3 aromatic rings. The molecule has 1 saturated heterocycles. The summed E-state index contributed by atoms with van der Waals surface area (Å²) in [6, 6.07) is 12.0. The first kappa shape index (κ1) is 41.0. The molecule has 7 rings (SSSR count). The first-order valence-electron chi connectivity index (χ1n) is 19.0. The van der Waals surface area contributed by atoms with Crippen molar-refractivity contribution >= 4 is 28.9 Å². The number of nitrogens with one attached hydrogen (secondary N) is 1. The number of phenols is 2. The maximum atomic E-state index is 14.9. The van der Waals surface area contributed by atoms with Crippen LogP contribution in [0, 0.1) is 12.8 Å². The molecule has 7 N–H and O–H groups in total. The van der Waals surface area contributed by atoms with Gasteiger partial charge >= 0.3 is 0 Å². The summed E-state index contributed by atoms with van der Waals surface area (Å²) < 4.78 is 16.8. The predicted octanol–water partition coefficient (Wildman–Crippen LogP) is 2.15. The van der Waals surface area contributed by atoms with Gasteiger partial charge in [0.2, 0.25) is 17.3 Å². The Balaban J connectivity index is 1.28. The maximum Gasteiger partial charge on any atom is 0.209 e. The number of aromatic hydroxyl groups is 2. The van der Waals surface area contributed by atoms with Gasteiger partial charge in [0.1, 0.15) is 23.8 Å². The molecule has 58 heavy (non-hydrogen) atoms. The Bertz CT molecular complexity index is 2270. The third kappa shape index (κ3) is 5.95. The molecule has 0 amide bonds. The van der Waals surface area contributed by atoms with Crippen LogP contribution in [0.1, 0.15) is 100 Å². The van der Waals surface area contributed by atoms with Crippen molar-refractivity contribution in [1.29, 1.82) is 0 Å². The number of ketones is 5. The lowest BCUT2D eigenvalue weighted by molar-refractivity contribution is -0.214. The Labute approximate surface area is 332 Å². The number of aryl methyl sites for hydroxylation is 2. The molecule has 3 aliphatic carbocycles. The molecular weight excluding hydrogens is 754 g/mol. The topological polar surface area (TPSA) is 246 Å². The highest BCUT2D eigenvalue weighted by atomic mass is 16.6. The Hall–Kier alpha value is -5.13. The van der Waals surface area contributed by atoms with Crippen LogP contribution >= 0.6 is 0 Å². The van der Waals surface area contributed by atoms with Crippen LogP contribution in [0.15, 0.2) is 54.2 Å². The third-order valence-corrected chi connectivity index (χ3v) is 12.1. The zero-order chi connectivity index (χ0) is 42.0. The van der Waals surface area contributed by atoms with E-state index in [1.165, 1.54) is 13.2 Å². The van der Waals surface area contributed by atoms with Gasteiger partial charge in [-0.15, -0.1) is 0 Å². The Morgan fingerprint density at radius 1 is 0.966 bits per heavy atom. The second kappa shape index (κ2) is 15.2. The number of hydrogen-bond acceptors (Lipinski definition) is 15. The number of carbonyl (C=O) groups excluding carboxylic acids is 5. The van der Waals surface area contributed by atoms with Crippen LogP contribution in [0.3, 0.4) is 0 Å². The second-order valence-corrected chi connectivity index (χ2v) is 15.4. The molecule has 15 heteroatoms. The number of aliphatic hydroxyl groups excluding tert-OH is 3. The van der Waals surface area contributed by atoms with Crippen LogP contribution in [0.2, 0.25) is 0 Å². The summed E-state index contributed by atoms with van der Waals surface area (Å²) in [5.41, 5.74) is -8.53. The molecule has 0 spiro atoms. The van der Waals surface area contributed by atoms with Gasteiger partial charge in [0, 0.05) is 49.8 Å². The molecular formula is C43H45NO14. The van der Waals surface area contributed by atoms with Crippen LogP contribution in [-0.4, -0.2) is 117 Å². The number of hydrogen-bond donors (Lipinski definition) is 7. The molecule has 306 valence electrons. The standard InChI is InChI=1S/C43H45NO14/c1-19-14-22-15-29(48)43(57-4)40(54)32-24(39(53)42(43,55)33(22)37(52)30(19)27(46)13-9-8-12-21-10-6-5-7-11-21)16-23-31(36(32)51)28(47)17-26(34(23)49)44-41-25(18-45)35(50)38(56-3)20(2)58-41/h5-7,10-11,14,16-17,20,25,29,35,38,41,44-45,48,50-52,55H,8-9,12-13,15,18H2,1-4H3/t20-,25+,29+,35-,38-,41-,42-,43+/m0/s1. The smallest absolute Gasteiger partial charge is 0.209 e. The third-order valence-electron chi connectivity index (χ3n) is 12.1. The van der Waals surface area contributed by atoms with E-state index in [4.69, 9.17) is 14.2 Å². The molecule has 3 aromatic carbocycles. The SMILES string of the molecule is CO[C@@H]1[C@@H](O)[C@@H](CO)[C@@H](NC2=CC(=O)c3c(cc4c(c3O)C(=O)[C@]3(OC)[C@H](O)Cc5cc(C)c(C(=O)CCCCc6ccccc6)c(O)c5[C@]3(O)C4=O)C2=O)O[C@H]1C. The van der Waals surface area contributed by atoms with Crippen molar-refractivity contribution in [2.24, 2.45) is 5.92 Å². The van der Waals surface area contributed by atoms with Crippen LogP contribution in [0.5, 0.6) is 11.5 Å². The van der Waals surface area contributed by atoms with Crippen LogP contribution in [0.4, 0.5) is 0 Å². The lowest BCUT2D eigenvalue weighted by Gasteiger charge is -2.53. The molecule has 15 nitrogen and oxygen atoms in total. The number of fused-ring (bicyclic) bond motifs is 5. The minimum absolute atomic E-state index is 0.00201. The summed E-state index contributed by atoms with van der Waals surface area (Å²) in [7, 11) is 2.30. The number of allylic oxidation sites excluding steroid dienone is 2. The van der Waals surface area contributed by atoms with Crippen LogP contribution in [0.25, 0.3) is 0 Å². The van der Waals surface area contributed by atoms with Crippen LogP contribution < -0.4 is 5.32 Å².